The monoisotopic (exact) mass is 388 g/mol. The van der Waals surface area contributed by atoms with E-state index in [1.807, 2.05) is 17.5 Å². The van der Waals surface area contributed by atoms with E-state index in [0.717, 1.165) is 9.67 Å². The third-order valence-electron chi connectivity index (χ3n) is 2.81. The van der Waals surface area contributed by atoms with Gasteiger partial charge in [0.05, 0.1) is 19.1 Å². The maximum absolute atomic E-state index is 11.9. The Morgan fingerprint density at radius 1 is 1.36 bits per heavy atom. The van der Waals surface area contributed by atoms with Crippen molar-refractivity contribution < 1.29 is 19.1 Å². The molecule has 0 saturated carbocycles. The van der Waals surface area contributed by atoms with Crippen molar-refractivity contribution in [1.29, 1.82) is 0 Å². The normalized spacial score (nSPS) is 13.4. The Hall–Kier alpha value is -1.81. The number of carbonyl (C=O) groups is 2. The highest BCUT2D eigenvalue weighted by atomic mass is 79.9. The number of carbonyl (C=O) groups excluding carboxylic acids is 2. The van der Waals surface area contributed by atoms with E-state index in [1.54, 1.807) is 0 Å². The number of esters is 2. The lowest BCUT2D eigenvalue weighted by Gasteiger charge is -2.15. The zero-order chi connectivity index (χ0) is 16.1. The van der Waals surface area contributed by atoms with Crippen LogP contribution in [0.4, 0.5) is 0 Å². The number of rotatable bonds is 6. The van der Waals surface area contributed by atoms with E-state index >= 15 is 0 Å². The summed E-state index contributed by atoms with van der Waals surface area (Å²) < 4.78 is 9.37. The average molecular weight is 389 g/mol. The van der Waals surface area contributed by atoms with Crippen molar-refractivity contribution in [2.45, 2.75) is 17.3 Å². The van der Waals surface area contributed by atoms with Crippen molar-refractivity contribution in [3.8, 4) is 10.7 Å². The van der Waals surface area contributed by atoms with Crippen LogP contribution in [0.15, 0.2) is 17.5 Å². The molecule has 2 unspecified atom stereocenters. The topological polar surface area (TPSA) is 96.2 Å². The fraction of sp³-hybridized carbons (Fsp3) is 0.417. The molecular weight excluding hydrogens is 376 g/mol. The first kappa shape index (κ1) is 16.6. The highest BCUT2D eigenvalue weighted by Crippen LogP contribution is 2.23. The quantitative estimate of drug-likeness (QED) is 0.545. The molecule has 22 heavy (non-hydrogen) atoms. The minimum atomic E-state index is -0.880. The van der Waals surface area contributed by atoms with Crippen LogP contribution in [0.25, 0.3) is 10.7 Å². The van der Waals surface area contributed by atoms with E-state index < -0.39 is 22.8 Å². The molecular formula is C12H13BrN4O4S. The van der Waals surface area contributed by atoms with Gasteiger partial charge >= 0.3 is 11.9 Å². The molecule has 0 aliphatic carbocycles. The van der Waals surface area contributed by atoms with Crippen LogP contribution in [0.2, 0.25) is 0 Å². The first-order valence-corrected chi connectivity index (χ1v) is 7.99. The fourth-order valence-electron chi connectivity index (χ4n) is 1.70. The number of nitrogens with zero attached hydrogens (tertiary/aromatic N) is 4. The lowest BCUT2D eigenvalue weighted by molar-refractivity contribution is -0.146. The van der Waals surface area contributed by atoms with E-state index in [0.29, 0.717) is 5.82 Å². The molecule has 0 aliphatic heterocycles. The van der Waals surface area contributed by atoms with Crippen molar-refractivity contribution in [2.75, 3.05) is 14.2 Å². The minimum absolute atomic E-state index is 0.0829. The van der Waals surface area contributed by atoms with Crippen LogP contribution in [-0.2, 0) is 19.1 Å². The van der Waals surface area contributed by atoms with Gasteiger partial charge in [-0.25, -0.2) is 4.79 Å². The largest absolute Gasteiger partial charge is 0.468 e. The predicted molar refractivity (Wildman–Crippen MR) is 81.5 cm³/mol. The summed E-state index contributed by atoms with van der Waals surface area (Å²) in [5, 5.41) is 13.9. The van der Waals surface area contributed by atoms with E-state index in [1.165, 1.54) is 25.6 Å². The number of alkyl halides is 1. The zero-order valence-electron chi connectivity index (χ0n) is 11.8. The summed E-state index contributed by atoms with van der Waals surface area (Å²) in [5.41, 5.74) is 0. The van der Waals surface area contributed by atoms with Gasteiger partial charge < -0.3 is 9.47 Å². The molecule has 0 aliphatic rings. The van der Waals surface area contributed by atoms with Crippen LogP contribution in [-0.4, -0.2) is 51.2 Å². The lowest BCUT2D eigenvalue weighted by atomic mass is 10.1. The summed E-state index contributed by atoms with van der Waals surface area (Å²) in [4.78, 5) is 24.7. The number of halogens is 1. The Morgan fingerprint density at radius 2 is 2.09 bits per heavy atom. The van der Waals surface area contributed by atoms with Gasteiger partial charge in [0, 0.05) is 6.42 Å². The maximum atomic E-state index is 11.9. The van der Waals surface area contributed by atoms with Crippen LogP contribution in [0.3, 0.4) is 0 Å². The van der Waals surface area contributed by atoms with Gasteiger partial charge in [-0.15, -0.1) is 26.3 Å². The Kier molecular flexibility index (Phi) is 5.61. The van der Waals surface area contributed by atoms with Crippen LogP contribution < -0.4 is 0 Å². The molecule has 2 atom stereocenters. The van der Waals surface area contributed by atoms with Gasteiger partial charge in [0.2, 0.25) is 5.82 Å². The molecule has 2 rings (SSSR count). The summed E-state index contributed by atoms with van der Waals surface area (Å²) in [6.07, 6.45) is 0.0829. The molecule has 2 aromatic rings. The highest BCUT2D eigenvalue weighted by Gasteiger charge is 2.30. The van der Waals surface area contributed by atoms with E-state index in [2.05, 4.69) is 36.1 Å². The molecule has 0 amide bonds. The number of ether oxygens (including phenoxy) is 2. The third-order valence-corrected chi connectivity index (χ3v) is 4.42. The summed E-state index contributed by atoms with van der Waals surface area (Å²) in [7, 11) is 2.53. The lowest BCUT2D eigenvalue weighted by Crippen LogP contribution is -2.29. The van der Waals surface area contributed by atoms with Crippen LogP contribution >= 0.6 is 27.3 Å². The molecule has 2 aromatic heterocycles. The second-order valence-electron chi connectivity index (χ2n) is 4.18. The van der Waals surface area contributed by atoms with Gasteiger partial charge in [-0.1, -0.05) is 22.0 Å². The van der Waals surface area contributed by atoms with Gasteiger partial charge in [0.15, 0.2) is 6.04 Å². The summed E-state index contributed by atoms with van der Waals surface area (Å²) in [5.74, 6) is -0.649. The van der Waals surface area contributed by atoms with Gasteiger partial charge in [0.25, 0.3) is 0 Å². The van der Waals surface area contributed by atoms with Gasteiger partial charge in [-0.05, 0) is 16.7 Å². The second kappa shape index (κ2) is 7.45. The number of tetrazole rings is 1. The Labute approximate surface area is 138 Å². The number of methoxy groups -OCH3 is 2. The second-order valence-corrected chi connectivity index (χ2v) is 6.23. The van der Waals surface area contributed by atoms with Crippen molar-refractivity contribution >= 4 is 39.2 Å². The number of hydrogen-bond acceptors (Lipinski definition) is 8. The summed E-state index contributed by atoms with van der Waals surface area (Å²) in [6, 6.07) is 2.83. The van der Waals surface area contributed by atoms with Crippen LogP contribution in [0.5, 0.6) is 0 Å². The predicted octanol–water partition coefficient (Wildman–Crippen LogP) is 1.44. The average Bonchev–Trinajstić information content (AvgIpc) is 3.21. The molecule has 0 radical (unpaired) electrons. The standard InChI is InChI=1S/C12H13BrN4O4S/c1-20-11(18)7(13)6-8(12(19)21-2)17-15-10(14-16-17)9-4-3-5-22-9/h3-5,7-8H,6H2,1-2H3. The third kappa shape index (κ3) is 3.69. The molecule has 0 bridgehead atoms. The van der Waals surface area contributed by atoms with Crippen molar-refractivity contribution in [3.05, 3.63) is 17.5 Å². The molecule has 118 valence electrons. The van der Waals surface area contributed by atoms with Crippen molar-refractivity contribution in [2.24, 2.45) is 0 Å². The molecule has 8 nitrogen and oxygen atoms in total. The van der Waals surface area contributed by atoms with Gasteiger partial charge in [-0.3, -0.25) is 4.79 Å². The maximum Gasteiger partial charge on any atom is 0.332 e. The van der Waals surface area contributed by atoms with Crippen LogP contribution in [0, 0.1) is 0 Å². The molecule has 0 spiro atoms. The number of hydrogen-bond donors (Lipinski definition) is 0. The first-order valence-electron chi connectivity index (χ1n) is 6.20. The minimum Gasteiger partial charge on any atom is -0.468 e. The summed E-state index contributed by atoms with van der Waals surface area (Å²) >= 11 is 4.63. The van der Waals surface area contributed by atoms with Gasteiger partial charge in [-0.2, -0.15) is 0 Å². The van der Waals surface area contributed by atoms with Crippen LogP contribution in [0.1, 0.15) is 12.5 Å². The molecule has 10 heteroatoms. The number of aromatic nitrogens is 4. The van der Waals surface area contributed by atoms with Crippen molar-refractivity contribution in [3.63, 3.8) is 0 Å². The fourth-order valence-corrected chi connectivity index (χ4v) is 2.89. The molecule has 0 fully saturated rings. The Morgan fingerprint density at radius 3 is 2.68 bits per heavy atom. The first-order chi connectivity index (χ1) is 10.6. The molecule has 0 N–H and O–H groups in total. The smallest absolute Gasteiger partial charge is 0.332 e. The van der Waals surface area contributed by atoms with E-state index in [-0.39, 0.29) is 6.42 Å². The molecule has 0 saturated heterocycles. The van der Waals surface area contributed by atoms with Crippen molar-refractivity contribution in [1.82, 2.24) is 20.2 Å². The Bertz CT molecular complexity index is 645. The van der Waals surface area contributed by atoms with E-state index in [4.69, 9.17) is 4.74 Å². The number of thiophene rings is 1. The molecule has 2 heterocycles. The van der Waals surface area contributed by atoms with Gasteiger partial charge in [0.1, 0.15) is 4.83 Å². The zero-order valence-corrected chi connectivity index (χ0v) is 14.2. The molecule has 0 aromatic carbocycles. The SMILES string of the molecule is COC(=O)C(Br)CC(C(=O)OC)n1nnc(-c2cccs2)n1. The highest BCUT2D eigenvalue weighted by molar-refractivity contribution is 9.10. The summed E-state index contributed by atoms with van der Waals surface area (Å²) in [6.45, 7) is 0. The van der Waals surface area contributed by atoms with E-state index in [9.17, 15) is 9.59 Å². The Balaban J connectivity index is 2.22.